The van der Waals surface area contributed by atoms with Gasteiger partial charge in [-0.25, -0.2) is 8.42 Å². The Balaban J connectivity index is 1.74. The van der Waals surface area contributed by atoms with E-state index in [0.717, 1.165) is 11.1 Å². The highest BCUT2D eigenvalue weighted by molar-refractivity contribution is 7.92. The van der Waals surface area contributed by atoms with Crippen LogP contribution in [0.1, 0.15) is 21.5 Å². The van der Waals surface area contributed by atoms with Gasteiger partial charge in [0, 0.05) is 30.4 Å². The molecule has 0 bridgehead atoms. The van der Waals surface area contributed by atoms with Gasteiger partial charge in [-0.2, -0.15) is 0 Å². The van der Waals surface area contributed by atoms with Gasteiger partial charge in [0.15, 0.2) is 11.5 Å². The molecule has 32 heavy (non-hydrogen) atoms. The molecule has 0 unspecified atom stereocenters. The third-order valence-electron chi connectivity index (χ3n) is 4.95. The van der Waals surface area contributed by atoms with Crippen molar-refractivity contribution in [3.05, 3.63) is 83.4 Å². The molecule has 0 spiro atoms. The topological polar surface area (TPSA) is 84.9 Å². The number of ether oxygens (including phenoxy) is 2. The second-order valence-corrected chi connectivity index (χ2v) is 8.99. The standard InChI is InChI=1S/C24H26N2O5S/c1-17-8-12-20(13-9-17)25-32(28,29)21-14-10-18(11-15-21)24(27)26(2)16-19-6-5-7-22(30-3)23(19)31-4/h5-15,25H,16H2,1-4H3. The van der Waals surface area contributed by atoms with Crippen LogP contribution in [0.2, 0.25) is 0 Å². The zero-order valence-electron chi connectivity index (χ0n) is 18.5. The van der Waals surface area contributed by atoms with E-state index in [1.165, 1.54) is 29.2 Å². The molecule has 1 amide bonds. The van der Waals surface area contributed by atoms with E-state index in [1.807, 2.05) is 31.2 Å². The van der Waals surface area contributed by atoms with E-state index >= 15 is 0 Å². The number of aryl methyl sites for hydroxylation is 1. The zero-order chi connectivity index (χ0) is 23.3. The molecular weight excluding hydrogens is 428 g/mol. The molecule has 0 saturated carbocycles. The highest BCUT2D eigenvalue weighted by atomic mass is 32.2. The van der Waals surface area contributed by atoms with Crippen LogP contribution in [-0.4, -0.2) is 40.5 Å². The van der Waals surface area contributed by atoms with Gasteiger partial charge < -0.3 is 14.4 Å². The minimum absolute atomic E-state index is 0.0757. The Morgan fingerprint density at radius 2 is 1.59 bits per heavy atom. The molecule has 3 aromatic carbocycles. The number of benzene rings is 3. The summed E-state index contributed by atoms with van der Waals surface area (Å²) in [5.41, 5.74) is 2.68. The van der Waals surface area contributed by atoms with Crippen molar-refractivity contribution in [1.82, 2.24) is 4.90 Å². The number of hydrogen-bond acceptors (Lipinski definition) is 5. The van der Waals surface area contributed by atoms with Gasteiger partial charge in [0.1, 0.15) is 0 Å². The molecule has 0 saturated heterocycles. The lowest BCUT2D eigenvalue weighted by Gasteiger charge is -2.20. The van der Waals surface area contributed by atoms with Crippen LogP contribution in [0.15, 0.2) is 71.6 Å². The fourth-order valence-electron chi connectivity index (χ4n) is 3.24. The van der Waals surface area contributed by atoms with Gasteiger partial charge in [-0.15, -0.1) is 0 Å². The van der Waals surface area contributed by atoms with Crippen molar-refractivity contribution in [2.24, 2.45) is 0 Å². The van der Waals surface area contributed by atoms with Crippen LogP contribution >= 0.6 is 0 Å². The number of amides is 1. The third-order valence-corrected chi connectivity index (χ3v) is 6.35. The molecule has 0 atom stereocenters. The molecule has 0 fully saturated rings. The monoisotopic (exact) mass is 454 g/mol. The van der Waals surface area contributed by atoms with Crippen molar-refractivity contribution in [3.8, 4) is 11.5 Å². The Hall–Kier alpha value is -3.52. The van der Waals surface area contributed by atoms with Crippen molar-refractivity contribution < 1.29 is 22.7 Å². The Morgan fingerprint density at radius 1 is 0.938 bits per heavy atom. The summed E-state index contributed by atoms with van der Waals surface area (Å²) in [6.45, 7) is 2.23. The summed E-state index contributed by atoms with van der Waals surface area (Å²) in [4.78, 5) is 14.5. The summed E-state index contributed by atoms with van der Waals surface area (Å²) in [7, 11) is 1.02. The predicted molar refractivity (Wildman–Crippen MR) is 124 cm³/mol. The molecule has 0 aliphatic carbocycles. The summed E-state index contributed by atoms with van der Waals surface area (Å²) in [5, 5.41) is 0. The van der Waals surface area contributed by atoms with Crippen LogP contribution in [0, 0.1) is 6.92 Å². The molecule has 3 aromatic rings. The first-order chi connectivity index (χ1) is 15.2. The van der Waals surface area contributed by atoms with Crippen molar-refractivity contribution in [2.75, 3.05) is 26.0 Å². The van der Waals surface area contributed by atoms with Gasteiger partial charge in [0.2, 0.25) is 0 Å². The number of nitrogens with zero attached hydrogens (tertiary/aromatic N) is 1. The van der Waals surface area contributed by atoms with Gasteiger partial charge in [-0.3, -0.25) is 9.52 Å². The summed E-state index contributed by atoms with van der Waals surface area (Å²) in [6, 6.07) is 18.4. The van der Waals surface area contributed by atoms with Crippen LogP contribution in [-0.2, 0) is 16.6 Å². The van der Waals surface area contributed by atoms with Crippen LogP contribution in [0.25, 0.3) is 0 Å². The number of carbonyl (C=O) groups excluding carboxylic acids is 1. The number of methoxy groups -OCH3 is 2. The Labute approximate surface area is 188 Å². The number of sulfonamides is 1. The zero-order valence-corrected chi connectivity index (χ0v) is 19.3. The van der Waals surface area contributed by atoms with Gasteiger partial charge in [0.05, 0.1) is 19.1 Å². The third kappa shape index (κ3) is 5.20. The minimum Gasteiger partial charge on any atom is -0.493 e. The summed E-state index contributed by atoms with van der Waals surface area (Å²) in [6.07, 6.45) is 0. The lowest BCUT2D eigenvalue weighted by atomic mass is 10.1. The first-order valence-electron chi connectivity index (χ1n) is 9.90. The SMILES string of the molecule is COc1cccc(CN(C)C(=O)c2ccc(S(=O)(=O)Nc3ccc(C)cc3)cc2)c1OC. The number of nitrogens with one attached hydrogen (secondary N) is 1. The number of para-hydroxylation sites is 1. The van der Waals surface area contributed by atoms with E-state index in [0.29, 0.717) is 29.3 Å². The van der Waals surface area contributed by atoms with E-state index in [4.69, 9.17) is 9.47 Å². The van der Waals surface area contributed by atoms with Crippen molar-refractivity contribution in [3.63, 3.8) is 0 Å². The predicted octanol–water partition coefficient (Wildman–Crippen LogP) is 4.09. The van der Waals surface area contributed by atoms with Gasteiger partial charge in [0.25, 0.3) is 15.9 Å². The average Bonchev–Trinajstić information content (AvgIpc) is 2.79. The van der Waals surface area contributed by atoms with E-state index in [9.17, 15) is 13.2 Å². The maximum atomic E-state index is 12.9. The van der Waals surface area contributed by atoms with Gasteiger partial charge in [-0.05, 0) is 49.4 Å². The molecule has 7 nitrogen and oxygen atoms in total. The average molecular weight is 455 g/mol. The van der Waals surface area contributed by atoms with Crippen molar-refractivity contribution in [1.29, 1.82) is 0 Å². The smallest absolute Gasteiger partial charge is 0.261 e. The van der Waals surface area contributed by atoms with Crippen molar-refractivity contribution >= 4 is 21.6 Å². The highest BCUT2D eigenvalue weighted by Gasteiger charge is 2.18. The maximum absolute atomic E-state index is 12.9. The summed E-state index contributed by atoms with van der Waals surface area (Å²) >= 11 is 0. The van der Waals surface area contributed by atoms with Crippen LogP contribution in [0.5, 0.6) is 11.5 Å². The number of carbonyl (C=O) groups is 1. The van der Waals surface area contributed by atoms with Gasteiger partial charge >= 0.3 is 0 Å². The molecule has 3 rings (SSSR count). The second kappa shape index (κ2) is 9.74. The molecule has 0 aliphatic heterocycles. The van der Waals surface area contributed by atoms with Crippen LogP contribution < -0.4 is 14.2 Å². The fourth-order valence-corrected chi connectivity index (χ4v) is 4.30. The van der Waals surface area contributed by atoms with E-state index < -0.39 is 10.0 Å². The molecule has 0 heterocycles. The first-order valence-corrected chi connectivity index (χ1v) is 11.4. The summed E-state index contributed by atoms with van der Waals surface area (Å²) < 4.78 is 38.6. The normalized spacial score (nSPS) is 11.0. The molecule has 168 valence electrons. The van der Waals surface area contributed by atoms with Gasteiger partial charge in [-0.1, -0.05) is 29.8 Å². The van der Waals surface area contributed by atoms with Crippen LogP contribution in [0.4, 0.5) is 5.69 Å². The number of hydrogen-bond donors (Lipinski definition) is 1. The fraction of sp³-hybridized carbons (Fsp3) is 0.208. The van der Waals surface area contributed by atoms with E-state index in [-0.39, 0.29) is 10.8 Å². The van der Waals surface area contributed by atoms with E-state index in [1.54, 1.807) is 39.5 Å². The molecular formula is C24H26N2O5S. The molecule has 1 N–H and O–H groups in total. The van der Waals surface area contributed by atoms with E-state index in [2.05, 4.69) is 4.72 Å². The lowest BCUT2D eigenvalue weighted by Crippen LogP contribution is -2.26. The Kier molecular flexibility index (Phi) is 7.05. The molecule has 0 radical (unpaired) electrons. The molecule has 0 aromatic heterocycles. The quantitative estimate of drug-likeness (QED) is 0.554. The number of rotatable bonds is 8. The number of anilines is 1. The largest absolute Gasteiger partial charge is 0.493 e. The maximum Gasteiger partial charge on any atom is 0.261 e. The minimum atomic E-state index is -3.76. The molecule has 0 aliphatic rings. The lowest BCUT2D eigenvalue weighted by molar-refractivity contribution is 0.0784. The second-order valence-electron chi connectivity index (χ2n) is 7.31. The molecule has 8 heteroatoms. The Bertz CT molecular complexity index is 1190. The summed E-state index contributed by atoms with van der Waals surface area (Å²) in [5.74, 6) is 0.907. The van der Waals surface area contributed by atoms with Crippen molar-refractivity contribution in [2.45, 2.75) is 18.4 Å². The highest BCUT2D eigenvalue weighted by Crippen LogP contribution is 2.31. The first kappa shape index (κ1) is 23.1. The van der Waals surface area contributed by atoms with Crippen LogP contribution in [0.3, 0.4) is 0 Å². The Morgan fingerprint density at radius 3 is 2.19 bits per heavy atom.